The van der Waals surface area contributed by atoms with Gasteiger partial charge in [0.05, 0.1) is 19.3 Å². The number of rotatable bonds is 10. The number of aliphatic hydroxyl groups is 1. The summed E-state index contributed by atoms with van der Waals surface area (Å²) in [5.41, 5.74) is 5.64. The van der Waals surface area contributed by atoms with Gasteiger partial charge in [0.2, 0.25) is 0 Å². The molecule has 4 nitrogen and oxygen atoms in total. The van der Waals surface area contributed by atoms with Crippen LogP contribution in [-0.2, 0) is 24.9 Å². The Bertz CT molecular complexity index is 2130. The van der Waals surface area contributed by atoms with Gasteiger partial charge in [-0.3, -0.25) is 9.78 Å². The molecule has 0 saturated heterocycles. The van der Waals surface area contributed by atoms with Gasteiger partial charge >= 0.3 is 0 Å². The first-order valence-electron chi connectivity index (χ1n) is 20.5. The SMILES string of the molecule is CC(C)C(C(=O)/C=C(\O)C(C(C)C)C(C)C)C(C)C.[2H]c1nc(-c2[c-]c3ccccc3c([Si](C)(C)C)c2)c2sc3c(C)c(C4CCCCC4)ccc3c2n1.[Ir]. The number of fused-ring (bicyclic) bond motifs is 4. The Hall–Kier alpha value is -2.70. The Balaban J connectivity index is 0.000000290. The number of aliphatic hydroxyl groups excluding tert-OH is 1. The van der Waals surface area contributed by atoms with Crippen LogP contribution in [0.3, 0.4) is 0 Å². The summed E-state index contributed by atoms with van der Waals surface area (Å²) in [5.74, 6) is 2.30. The normalized spacial score (nSPS) is 14.9. The van der Waals surface area contributed by atoms with Crippen molar-refractivity contribution in [3.05, 3.63) is 77.8 Å². The van der Waals surface area contributed by atoms with Crippen LogP contribution in [-0.4, -0.2) is 28.9 Å². The third-order valence-electron chi connectivity index (χ3n) is 11.4. The van der Waals surface area contributed by atoms with Crippen LogP contribution in [0, 0.1) is 48.5 Å². The molecule has 0 unspecified atom stereocenters. The fraction of sp³-hybridized carbons (Fsp3) is 0.511. The molecule has 54 heavy (non-hydrogen) atoms. The van der Waals surface area contributed by atoms with Crippen molar-refractivity contribution in [1.82, 2.24) is 9.97 Å². The molecular weight excluding hydrogens is 877 g/mol. The Morgan fingerprint density at radius 2 is 1.48 bits per heavy atom. The van der Waals surface area contributed by atoms with Crippen molar-refractivity contribution in [3.63, 3.8) is 0 Å². The van der Waals surface area contributed by atoms with E-state index in [4.69, 9.17) is 1.37 Å². The number of thiophene rings is 1. The number of benzene rings is 3. The second-order valence-electron chi connectivity index (χ2n) is 17.8. The molecule has 293 valence electrons. The second-order valence-corrected chi connectivity index (χ2v) is 23.9. The number of aromatic nitrogens is 2. The van der Waals surface area contributed by atoms with E-state index < -0.39 is 8.07 Å². The van der Waals surface area contributed by atoms with Crippen molar-refractivity contribution in [2.45, 2.75) is 120 Å². The van der Waals surface area contributed by atoms with Gasteiger partial charge in [-0.1, -0.05) is 136 Å². The average Bonchev–Trinajstić information content (AvgIpc) is 3.46. The van der Waals surface area contributed by atoms with E-state index in [0.717, 1.165) is 32.2 Å². The van der Waals surface area contributed by atoms with Gasteiger partial charge < -0.3 is 5.11 Å². The smallest absolute Gasteiger partial charge is 0.162 e. The summed E-state index contributed by atoms with van der Waals surface area (Å²) in [7, 11) is -1.62. The van der Waals surface area contributed by atoms with E-state index in [-0.39, 0.29) is 49.8 Å². The maximum atomic E-state index is 12.3. The molecule has 0 aliphatic heterocycles. The number of hydrogen-bond acceptors (Lipinski definition) is 5. The number of allylic oxidation sites excluding steroid dienone is 2. The zero-order valence-corrected chi connectivity index (χ0v) is 38.9. The predicted octanol–water partition coefficient (Wildman–Crippen LogP) is 13.2. The summed E-state index contributed by atoms with van der Waals surface area (Å²) in [4.78, 5) is 21.7. The Morgan fingerprint density at radius 1 is 0.870 bits per heavy atom. The Labute approximate surface area is 345 Å². The van der Waals surface area contributed by atoms with Crippen molar-refractivity contribution < 1.29 is 31.4 Å². The van der Waals surface area contributed by atoms with Crippen LogP contribution in [0.15, 0.2) is 60.6 Å². The van der Waals surface area contributed by atoms with E-state index in [1.165, 1.54) is 64.6 Å². The molecule has 1 N–H and O–H groups in total. The third-order valence-corrected chi connectivity index (χ3v) is 14.7. The summed E-state index contributed by atoms with van der Waals surface area (Å²) in [6.45, 7) is 26.0. The van der Waals surface area contributed by atoms with Crippen LogP contribution in [0.25, 0.3) is 42.3 Å². The topological polar surface area (TPSA) is 63.1 Å². The second kappa shape index (κ2) is 18.5. The molecule has 0 spiro atoms. The van der Waals surface area contributed by atoms with E-state index in [1.807, 2.05) is 0 Å². The molecule has 5 aromatic rings. The molecular formula is C47H63IrN2O2SSi-. The molecule has 0 amide bonds. The van der Waals surface area contributed by atoms with E-state index in [2.05, 4.69) is 140 Å². The number of nitrogens with zero attached hydrogens (tertiary/aromatic N) is 2. The molecule has 1 aliphatic rings. The molecule has 1 saturated carbocycles. The van der Waals surface area contributed by atoms with Gasteiger partial charge in [0.25, 0.3) is 0 Å². The minimum absolute atomic E-state index is 0. The number of ketones is 1. The van der Waals surface area contributed by atoms with Crippen molar-refractivity contribution >= 4 is 61.5 Å². The quantitative estimate of drug-likeness (QED) is 0.0656. The Kier molecular flexibility index (Phi) is 14.5. The monoisotopic (exact) mass is 941 g/mol. The molecule has 1 radical (unpaired) electrons. The molecule has 6 rings (SSSR count). The Morgan fingerprint density at radius 3 is 2.07 bits per heavy atom. The zero-order valence-electron chi connectivity index (χ0n) is 35.7. The van der Waals surface area contributed by atoms with Crippen molar-refractivity contribution in [2.75, 3.05) is 0 Å². The molecule has 7 heteroatoms. The first kappa shape index (κ1) is 42.4. The summed E-state index contributed by atoms with van der Waals surface area (Å²) in [5, 5.41) is 15.3. The maximum Gasteiger partial charge on any atom is 0.162 e. The molecule has 1 fully saturated rings. The van der Waals surface area contributed by atoms with Gasteiger partial charge in [-0.25, -0.2) is 4.98 Å². The number of carbonyl (C=O) groups excluding carboxylic acids is 1. The zero-order chi connectivity index (χ0) is 39.6. The van der Waals surface area contributed by atoms with Gasteiger partial charge in [-0.15, -0.1) is 40.1 Å². The van der Waals surface area contributed by atoms with Gasteiger partial charge in [-0.2, -0.15) is 0 Å². The summed E-state index contributed by atoms with van der Waals surface area (Å²) in [6.07, 6.45) is 8.20. The van der Waals surface area contributed by atoms with Crippen LogP contribution in [0.5, 0.6) is 0 Å². The fourth-order valence-corrected chi connectivity index (χ4v) is 11.8. The van der Waals surface area contributed by atoms with Gasteiger partial charge in [0, 0.05) is 58.5 Å². The molecule has 2 heterocycles. The summed E-state index contributed by atoms with van der Waals surface area (Å²) < 4.78 is 10.8. The van der Waals surface area contributed by atoms with Crippen molar-refractivity contribution in [1.29, 1.82) is 0 Å². The minimum Gasteiger partial charge on any atom is -0.512 e. The van der Waals surface area contributed by atoms with Crippen LogP contribution in [0.1, 0.15) is 106 Å². The standard InChI is InChI=1S/C30H31N2SSi.C17H32O2.Ir/c1-19-23(20-10-6-5-7-11-20)14-15-25-28-30(33-29(19)25)27(31-18-32-28)22-16-21-12-8-9-13-24(21)26(17-22)34(2,3)4;1-10(2)16(11(3)4)14(18)9-15(19)17(12(5)6)13(7)8;/h8-9,12-15,17-18,20H,5-7,10-11H2,1-4H3;9-13,16-18H,1-8H3;/q-1;;/b;14-9-;/i18D;;. The maximum absolute atomic E-state index is 12.3. The van der Waals surface area contributed by atoms with E-state index in [0.29, 0.717) is 29.6 Å². The van der Waals surface area contributed by atoms with Crippen molar-refractivity contribution in [2.24, 2.45) is 35.5 Å². The van der Waals surface area contributed by atoms with Crippen LogP contribution >= 0.6 is 11.3 Å². The van der Waals surface area contributed by atoms with Gasteiger partial charge in [0.15, 0.2) is 5.78 Å². The summed E-state index contributed by atoms with van der Waals surface area (Å²) >= 11 is 1.80. The van der Waals surface area contributed by atoms with Gasteiger partial charge in [-0.05, 0) is 60.5 Å². The summed E-state index contributed by atoms with van der Waals surface area (Å²) in [6, 6.07) is 19.1. The van der Waals surface area contributed by atoms with E-state index in [9.17, 15) is 9.90 Å². The molecule has 0 atom stereocenters. The largest absolute Gasteiger partial charge is 0.512 e. The average molecular weight is 941 g/mol. The third kappa shape index (κ3) is 9.63. The number of carbonyl (C=O) groups is 1. The van der Waals surface area contributed by atoms with Crippen LogP contribution < -0.4 is 5.19 Å². The van der Waals surface area contributed by atoms with E-state index >= 15 is 0 Å². The van der Waals surface area contributed by atoms with E-state index in [1.54, 1.807) is 11.3 Å². The molecule has 2 aromatic heterocycles. The molecule has 3 aromatic carbocycles. The molecule has 0 bridgehead atoms. The predicted molar refractivity (Wildman–Crippen MR) is 232 cm³/mol. The van der Waals surface area contributed by atoms with Crippen LogP contribution in [0.4, 0.5) is 0 Å². The van der Waals surface area contributed by atoms with Crippen LogP contribution in [0.2, 0.25) is 19.6 Å². The minimum atomic E-state index is -1.62. The van der Waals surface area contributed by atoms with Crippen molar-refractivity contribution in [3.8, 4) is 11.3 Å². The first-order chi connectivity index (χ1) is 25.4. The van der Waals surface area contributed by atoms with Gasteiger partial charge in [0.1, 0.15) is 7.67 Å². The molecule has 1 aliphatic carbocycles. The number of aryl methyl sites for hydroxylation is 1. The fourth-order valence-electron chi connectivity index (χ4n) is 8.98. The first-order valence-corrected chi connectivity index (χ1v) is 24.3. The number of hydrogen-bond donors (Lipinski definition) is 1.